The monoisotopic (exact) mass is 294 g/mol. The van der Waals surface area contributed by atoms with Crippen molar-refractivity contribution < 1.29 is 0 Å². The van der Waals surface area contributed by atoms with Crippen LogP contribution in [0.4, 0.5) is 0 Å². The molecule has 2 fully saturated rings. The molecule has 0 aromatic carbocycles. The molecule has 3 heterocycles. The quantitative estimate of drug-likeness (QED) is 0.914. The Labute approximate surface area is 126 Å². The van der Waals surface area contributed by atoms with Crippen LogP contribution in [-0.2, 0) is 12.0 Å². The van der Waals surface area contributed by atoms with Gasteiger partial charge >= 0.3 is 0 Å². The third-order valence-electron chi connectivity index (χ3n) is 4.80. The summed E-state index contributed by atoms with van der Waals surface area (Å²) in [7, 11) is 0. The van der Waals surface area contributed by atoms with Crippen LogP contribution in [0.1, 0.15) is 25.5 Å². The first-order valence-electron chi connectivity index (χ1n) is 7.79. The average molecular weight is 294 g/mol. The van der Waals surface area contributed by atoms with Gasteiger partial charge in [-0.3, -0.25) is 4.90 Å². The smallest absolute Gasteiger partial charge is 0.0948 e. The van der Waals surface area contributed by atoms with E-state index in [1.807, 2.05) is 6.33 Å². The summed E-state index contributed by atoms with van der Waals surface area (Å²) in [5, 5.41) is 3.46. The lowest BCUT2D eigenvalue weighted by molar-refractivity contribution is 0.275. The van der Waals surface area contributed by atoms with Gasteiger partial charge in [0.2, 0.25) is 0 Å². The van der Waals surface area contributed by atoms with Crippen LogP contribution in [0.5, 0.6) is 0 Å². The van der Waals surface area contributed by atoms with Crippen molar-refractivity contribution in [1.82, 2.24) is 19.8 Å². The van der Waals surface area contributed by atoms with E-state index in [1.54, 1.807) is 0 Å². The van der Waals surface area contributed by atoms with Gasteiger partial charge in [0, 0.05) is 55.0 Å². The molecule has 4 nitrogen and oxygen atoms in total. The minimum absolute atomic E-state index is 0.305. The zero-order chi connectivity index (χ0) is 13.8. The number of aromatic nitrogens is 2. The lowest BCUT2D eigenvalue weighted by atomic mass is 9.78. The Morgan fingerprint density at radius 3 is 2.75 bits per heavy atom. The van der Waals surface area contributed by atoms with Gasteiger partial charge in [-0.2, -0.15) is 11.8 Å². The van der Waals surface area contributed by atoms with Gasteiger partial charge in [0.1, 0.15) is 0 Å². The van der Waals surface area contributed by atoms with Crippen molar-refractivity contribution in [2.24, 2.45) is 0 Å². The van der Waals surface area contributed by atoms with Crippen LogP contribution < -0.4 is 5.32 Å². The van der Waals surface area contributed by atoms with E-state index in [-0.39, 0.29) is 0 Å². The Kier molecular flexibility index (Phi) is 4.68. The summed E-state index contributed by atoms with van der Waals surface area (Å²) in [5.74, 6) is 2.58. The fraction of sp³-hybridized carbons (Fsp3) is 0.800. The van der Waals surface area contributed by atoms with Gasteiger partial charge in [-0.25, -0.2) is 4.98 Å². The van der Waals surface area contributed by atoms with Gasteiger partial charge in [-0.1, -0.05) is 6.92 Å². The first-order chi connectivity index (χ1) is 9.78. The van der Waals surface area contributed by atoms with Gasteiger partial charge < -0.3 is 9.88 Å². The Morgan fingerprint density at radius 2 is 2.00 bits per heavy atom. The Bertz CT molecular complexity index is 419. The molecule has 1 aromatic rings. The third kappa shape index (κ3) is 3.21. The van der Waals surface area contributed by atoms with Crippen molar-refractivity contribution in [3.8, 4) is 0 Å². The number of hydrogen-bond donors (Lipinski definition) is 1. The van der Waals surface area contributed by atoms with E-state index in [0.717, 1.165) is 26.2 Å². The predicted molar refractivity (Wildman–Crippen MR) is 85.4 cm³/mol. The van der Waals surface area contributed by atoms with Gasteiger partial charge in [0.25, 0.3) is 0 Å². The molecule has 1 N–H and O–H groups in total. The second kappa shape index (κ2) is 6.50. The van der Waals surface area contributed by atoms with E-state index in [4.69, 9.17) is 0 Å². The maximum atomic E-state index is 4.43. The highest BCUT2D eigenvalue weighted by Gasteiger charge is 2.31. The highest BCUT2D eigenvalue weighted by Crippen LogP contribution is 2.32. The number of thioether (sulfide) groups is 1. The van der Waals surface area contributed by atoms with E-state index in [9.17, 15) is 0 Å². The van der Waals surface area contributed by atoms with Gasteiger partial charge in [-0.05, 0) is 25.9 Å². The molecule has 2 saturated heterocycles. The summed E-state index contributed by atoms with van der Waals surface area (Å²) in [6.07, 6.45) is 6.57. The molecule has 0 bridgehead atoms. The standard InChI is InChI=1S/C15H26N4S/c1-15(2-4-16-5-3-15)14-12-17-13-19(14)7-6-18-8-10-20-11-9-18/h12-13,16H,2-11H2,1H3. The zero-order valence-electron chi connectivity index (χ0n) is 12.5. The summed E-state index contributed by atoms with van der Waals surface area (Å²) in [4.78, 5) is 7.01. The third-order valence-corrected chi connectivity index (χ3v) is 5.74. The maximum absolute atomic E-state index is 4.43. The van der Waals surface area contributed by atoms with E-state index < -0.39 is 0 Å². The van der Waals surface area contributed by atoms with Crippen molar-refractivity contribution in [3.63, 3.8) is 0 Å². The normalized spacial score (nSPS) is 23.9. The molecule has 0 aliphatic carbocycles. The molecule has 112 valence electrons. The molecule has 20 heavy (non-hydrogen) atoms. The Balaban J connectivity index is 1.63. The lowest BCUT2D eigenvalue weighted by Crippen LogP contribution is -2.40. The van der Waals surface area contributed by atoms with Crippen LogP contribution in [0.15, 0.2) is 12.5 Å². The minimum Gasteiger partial charge on any atom is -0.333 e. The zero-order valence-corrected chi connectivity index (χ0v) is 13.3. The second-order valence-electron chi connectivity index (χ2n) is 6.24. The van der Waals surface area contributed by atoms with Crippen molar-refractivity contribution >= 4 is 11.8 Å². The van der Waals surface area contributed by atoms with Crippen LogP contribution in [0.2, 0.25) is 0 Å². The number of hydrogen-bond acceptors (Lipinski definition) is 4. The molecular weight excluding hydrogens is 268 g/mol. The molecule has 3 rings (SSSR count). The topological polar surface area (TPSA) is 33.1 Å². The molecule has 0 saturated carbocycles. The summed E-state index contributed by atoms with van der Waals surface area (Å²) in [5.41, 5.74) is 1.74. The van der Waals surface area contributed by atoms with Crippen LogP contribution in [0.3, 0.4) is 0 Å². The second-order valence-corrected chi connectivity index (χ2v) is 7.46. The first kappa shape index (κ1) is 14.4. The summed E-state index contributed by atoms with van der Waals surface area (Å²) in [6.45, 7) is 9.40. The number of rotatable bonds is 4. The molecule has 5 heteroatoms. The SMILES string of the molecule is CC1(c2cncn2CCN2CCSCC2)CCNCC1. The van der Waals surface area contributed by atoms with Crippen LogP contribution in [0, 0.1) is 0 Å². The van der Waals surface area contributed by atoms with Crippen molar-refractivity contribution in [2.45, 2.75) is 31.7 Å². The minimum atomic E-state index is 0.305. The van der Waals surface area contributed by atoms with Crippen molar-refractivity contribution in [3.05, 3.63) is 18.2 Å². The number of nitrogens with one attached hydrogen (secondary N) is 1. The average Bonchev–Trinajstić information content (AvgIpc) is 2.96. The highest BCUT2D eigenvalue weighted by atomic mass is 32.2. The molecule has 2 aliphatic rings. The van der Waals surface area contributed by atoms with E-state index in [0.29, 0.717) is 5.41 Å². The fourth-order valence-corrected chi connectivity index (χ4v) is 4.29. The molecule has 2 aliphatic heterocycles. The largest absolute Gasteiger partial charge is 0.333 e. The van der Waals surface area contributed by atoms with Crippen molar-refractivity contribution in [1.29, 1.82) is 0 Å². The molecule has 0 radical (unpaired) electrons. The van der Waals surface area contributed by atoms with Gasteiger partial charge in [0.05, 0.1) is 6.33 Å². The van der Waals surface area contributed by atoms with E-state index in [1.165, 1.54) is 43.1 Å². The highest BCUT2D eigenvalue weighted by molar-refractivity contribution is 7.99. The number of imidazole rings is 1. The van der Waals surface area contributed by atoms with Gasteiger partial charge in [-0.15, -0.1) is 0 Å². The molecule has 0 amide bonds. The summed E-state index contributed by atoms with van der Waals surface area (Å²) in [6, 6.07) is 0. The van der Waals surface area contributed by atoms with Crippen LogP contribution >= 0.6 is 11.8 Å². The Hall–Kier alpha value is -0.520. The Morgan fingerprint density at radius 1 is 1.25 bits per heavy atom. The van der Waals surface area contributed by atoms with E-state index in [2.05, 4.69) is 44.7 Å². The molecule has 0 unspecified atom stereocenters. The molecule has 1 aromatic heterocycles. The lowest BCUT2D eigenvalue weighted by Gasteiger charge is -2.35. The summed E-state index contributed by atoms with van der Waals surface area (Å²) >= 11 is 2.08. The maximum Gasteiger partial charge on any atom is 0.0948 e. The van der Waals surface area contributed by atoms with Crippen LogP contribution in [-0.4, -0.2) is 58.7 Å². The molecule has 0 atom stereocenters. The summed E-state index contributed by atoms with van der Waals surface area (Å²) < 4.78 is 2.40. The van der Waals surface area contributed by atoms with Crippen molar-refractivity contribution in [2.75, 3.05) is 44.2 Å². The fourth-order valence-electron chi connectivity index (χ4n) is 3.31. The number of nitrogens with zero attached hydrogens (tertiary/aromatic N) is 3. The predicted octanol–water partition coefficient (Wildman–Crippen LogP) is 1.57. The molecular formula is C15H26N4S. The van der Waals surface area contributed by atoms with Gasteiger partial charge in [0.15, 0.2) is 0 Å². The molecule has 0 spiro atoms. The first-order valence-corrected chi connectivity index (χ1v) is 8.95. The van der Waals surface area contributed by atoms with Crippen LogP contribution in [0.25, 0.3) is 0 Å². The van der Waals surface area contributed by atoms with E-state index >= 15 is 0 Å². The number of piperidine rings is 1.